The summed E-state index contributed by atoms with van der Waals surface area (Å²) in [5.41, 5.74) is 1.91. The van der Waals surface area contributed by atoms with Crippen molar-refractivity contribution in [2.45, 2.75) is 44.9 Å². The molecule has 0 saturated heterocycles. The number of rotatable bonds is 6. The number of para-hydroxylation sites is 1. The maximum Gasteiger partial charge on any atom is 0.246 e. The van der Waals surface area contributed by atoms with Crippen molar-refractivity contribution >= 4 is 16.8 Å². The van der Waals surface area contributed by atoms with Crippen LogP contribution in [-0.4, -0.2) is 34.8 Å². The molecule has 1 aromatic heterocycles. The number of hydrogen-bond donors (Lipinski definition) is 2. The van der Waals surface area contributed by atoms with Crippen LogP contribution in [0.2, 0.25) is 0 Å². The maximum absolute atomic E-state index is 12.2. The summed E-state index contributed by atoms with van der Waals surface area (Å²) in [6.45, 7) is 3.85. The highest BCUT2D eigenvalue weighted by atomic mass is 16.5. The molecule has 1 atom stereocenters. The van der Waals surface area contributed by atoms with E-state index in [4.69, 9.17) is 4.74 Å². The van der Waals surface area contributed by atoms with Gasteiger partial charge in [0.2, 0.25) is 5.91 Å². The Morgan fingerprint density at radius 1 is 1.38 bits per heavy atom. The van der Waals surface area contributed by atoms with E-state index < -0.39 is 0 Å². The van der Waals surface area contributed by atoms with E-state index in [0.29, 0.717) is 12.8 Å². The topological polar surface area (TPSA) is 71.5 Å². The summed E-state index contributed by atoms with van der Waals surface area (Å²) >= 11 is 0. The summed E-state index contributed by atoms with van der Waals surface area (Å²) in [6.07, 6.45) is 2.96. The van der Waals surface area contributed by atoms with Gasteiger partial charge >= 0.3 is 0 Å². The standard InChI is InChI=1S/C19H24N2O3/c1-12(2)24-11-18(23)21-19(14-8-16(22)9-14)15-7-13-5-3-4-6-17(13)20-10-15/h3-7,10,12,14,16,19,22H,8-9,11H2,1-2H3,(H,21,23)/t14?,16?,19-/m0/s1. The first-order chi connectivity index (χ1) is 11.5. The smallest absolute Gasteiger partial charge is 0.246 e. The van der Waals surface area contributed by atoms with E-state index in [-0.39, 0.29) is 36.7 Å². The zero-order chi connectivity index (χ0) is 17.1. The van der Waals surface area contributed by atoms with E-state index in [1.54, 1.807) is 0 Å². The molecule has 0 aliphatic heterocycles. The van der Waals surface area contributed by atoms with Crippen LogP contribution in [0.15, 0.2) is 36.5 Å². The molecular formula is C19H24N2O3. The van der Waals surface area contributed by atoms with Crippen molar-refractivity contribution in [2.75, 3.05) is 6.61 Å². The average molecular weight is 328 g/mol. The first kappa shape index (κ1) is 16.9. The lowest BCUT2D eigenvalue weighted by molar-refractivity contribution is -0.129. The quantitative estimate of drug-likeness (QED) is 0.855. The van der Waals surface area contributed by atoms with Crippen LogP contribution in [0.25, 0.3) is 10.9 Å². The number of nitrogens with one attached hydrogen (secondary N) is 1. The molecule has 1 aliphatic rings. The fourth-order valence-electron chi connectivity index (χ4n) is 3.09. The van der Waals surface area contributed by atoms with Crippen molar-refractivity contribution in [1.82, 2.24) is 10.3 Å². The minimum absolute atomic E-state index is 0.0158. The third-order valence-electron chi connectivity index (χ3n) is 4.46. The van der Waals surface area contributed by atoms with Gasteiger partial charge in [-0.15, -0.1) is 0 Å². The molecule has 2 N–H and O–H groups in total. The number of aliphatic hydroxyl groups is 1. The minimum Gasteiger partial charge on any atom is -0.393 e. The second-order valence-corrected chi connectivity index (χ2v) is 6.75. The molecule has 5 nitrogen and oxygen atoms in total. The van der Waals surface area contributed by atoms with Crippen LogP contribution in [0, 0.1) is 5.92 Å². The first-order valence-electron chi connectivity index (χ1n) is 8.46. The highest BCUT2D eigenvalue weighted by molar-refractivity contribution is 5.80. The van der Waals surface area contributed by atoms with E-state index in [2.05, 4.69) is 16.4 Å². The molecule has 128 valence electrons. The normalized spacial score (nSPS) is 21.5. The second kappa shape index (κ2) is 7.28. The number of aliphatic hydroxyl groups excluding tert-OH is 1. The molecule has 3 rings (SSSR count). The number of pyridine rings is 1. The summed E-state index contributed by atoms with van der Waals surface area (Å²) in [5, 5.41) is 13.8. The molecule has 0 spiro atoms. The Bertz CT molecular complexity index is 711. The predicted octanol–water partition coefficient (Wildman–Crippen LogP) is 2.59. The first-order valence-corrected chi connectivity index (χ1v) is 8.46. The lowest BCUT2D eigenvalue weighted by atomic mass is 9.75. The Morgan fingerprint density at radius 3 is 2.83 bits per heavy atom. The molecule has 0 radical (unpaired) electrons. The van der Waals surface area contributed by atoms with Crippen LogP contribution in [0.3, 0.4) is 0 Å². The van der Waals surface area contributed by atoms with E-state index in [9.17, 15) is 9.90 Å². The number of aromatic nitrogens is 1. The predicted molar refractivity (Wildman–Crippen MR) is 92.4 cm³/mol. The Hall–Kier alpha value is -1.98. The molecule has 1 saturated carbocycles. The van der Waals surface area contributed by atoms with Gasteiger partial charge in [-0.3, -0.25) is 9.78 Å². The number of carbonyl (C=O) groups excluding carboxylic acids is 1. The van der Waals surface area contributed by atoms with Gasteiger partial charge in [0.05, 0.1) is 23.8 Å². The lowest BCUT2D eigenvalue weighted by Crippen LogP contribution is -2.42. The van der Waals surface area contributed by atoms with Gasteiger partial charge in [-0.2, -0.15) is 0 Å². The molecular weight excluding hydrogens is 304 g/mol. The zero-order valence-electron chi connectivity index (χ0n) is 14.1. The van der Waals surface area contributed by atoms with Crippen LogP contribution < -0.4 is 5.32 Å². The summed E-state index contributed by atoms with van der Waals surface area (Å²) < 4.78 is 5.39. The molecule has 1 fully saturated rings. The summed E-state index contributed by atoms with van der Waals surface area (Å²) in [4.78, 5) is 16.7. The van der Waals surface area contributed by atoms with Gasteiger partial charge in [0.15, 0.2) is 0 Å². The van der Waals surface area contributed by atoms with Crippen LogP contribution in [0.4, 0.5) is 0 Å². The molecule has 1 amide bonds. The Morgan fingerprint density at radius 2 is 2.12 bits per heavy atom. The molecule has 1 aromatic carbocycles. The van der Waals surface area contributed by atoms with Crippen LogP contribution >= 0.6 is 0 Å². The largest absolute Gasteiger partial charge is 0.393 e. The van der Waals surface area contributed by atoms with Crippen molar-refractivity contribution < 1.29 is 14.6 Å². The third kappa shape index (κ3) is 3.91. The SMILES string of the molecule is CC(C)OCC(=O)N[C@H](c1cnc2ccccc2c1)C1CC(O)C1. The molecule has 1 aliphatic carbocycles. The molecule has 0 unspecified atom stereocenters. The Labute approximate surface area is 142 Å². The van der Waals surface area contributed by atoms with E-state index in [1.807, 2.05) is 44.3 Å². The number of fused-ring (bicyclic) bond motifs is 1. The highest BCUT2D eigenvalue weighted by Crippen LogP contribution is 2.38. The molecule has 2 aromatic rings. The van der Waals surface area contributed by atoms with Gasteiger partial charge in [0.25, 0.3) is 0 Å². The van der Waals surface area contributed by atoms with Crippen LogP contribution in [-0.2, 0) is 9.53 Å². The number of ether oxygens (including phenoxy) is 1. The summed E-state index contributed by atoms with van der Waals surface area (Å²) in [6, 6.07) is 9.85. The van der Waals surface area contributed by atoms with Crippen LogP contribution in [0.1, 0.15) is 38.3 Å². The van der Waals surface area contributed by atoms with Gasteiger partial charge in [-0.25, -0.2) is 0 Å². The van der Waals surface area contributed by atoms with Crippen molar-refractivity contribution in [3.05, 3.63) is 42.1 Å². The number of benzene rings is 1. The summed E-state index contributed by atoms with van der Waals surface area (Å²) in [7, 11) is 0. The monoisotopic (exact) mass is 328 g/mol. The van der Waals surface area contributed by atoms with E-state index in [0.717, 1.165) is 16.5 Å². The van der Waals surface area contributed by atoms with E-state index >= 15 is 0 Å². The molecule has 1 heterocycles. The number of amides is 1. The van der Waals surface area contributed by atoms with Gasteiger partial charge in [-0.05, 0) is 50.3 Å². The highest BCUT2D eigenvalue weighted by Gasteiger charge is 2.35. The number of hydrogen-bond acceptors (Lipinski definition) is 4. The molecule has 5 heteroatoms. The minimum atomic E-state index is -0.269. The zero-order valence-corrected chi connectivity index (χ0v) is 14.1. The average Bonchev–Trinajstić information content (AvgIpc) is 2.55. The van der Waals surface area contributed by atoms with Gasteiger partial charge < -0.3 is 15.2 Å². The van der Waals surface area contributed by atoms with Crippen LogP contribution in [0.5, 0.6) is 0 Å². The van der Waals surface area contributed by atoms with Gasteiger partial charge in [0.1, 0.15) is 6.61 Å². The number of nitrogens with zero attached hydrogens (tertiary/aromatic N) is 1. The van der Waals surface area contributed by atoms with Crippen molar-refractivity contribution in [1.29, 1.82) is 0 Å². The Kier molecular flexibility index (Phi) is 5.11. The van der Waals surface area contributed by atoms with Gasteiger partial charge in [0, 0.05) is 11.6 Å². The van der Waals surface area contributed by atoms with E-state index in [1.165, 1.54) is 0 Å². The fraction of sp³-hybridized carbons (Fsp3) is 0.474. The van der Waals surface area contributed by atoms with Crippen molar-refractivity contribution in [2.24, 2.45) is 5.92 Å². The lowest BCUT2D eigenvalue weighted by Gasteiger charge is -2.38. The fourth-order valence-corrected chi connectivity index (χ4v) is 3.09. The van der Waals surface area contributed by atoms with Crippen molar-refractivity contribution in [3.8, 4) is 0 Å². The maximum atomic E-state index is 12.2. The van der Waals surface area contributed by atoms with Gasteiger partial charge in [-0.1, -0.05) is 18.2 Å². The summed E-state index contributed by atoms with van der Waals surface area (Å²) in [5.74, 6) is 0.0919. The van der Waals surface area contributed by atoms with Crippen molar-refractivity contribution in [3.63, 3.8) is 0 Å². The second-order valence-electron chi connectivity index (χ2n) is 6.75. The molecule has 24 heavy (non-hydrogen) atoms. The third-order valence-corrected chi connectivity index (χ3v) is 4.46. The number of carbonyl (C=O) groups is 1. The molecule has 0 bridgehead atoms. The Balaban J connectivity index is 1.79.